The van der Waals surface area contributed by atoms with Crippen molar-refractivity contribution in [3.8, 4) is 0 Å². The minimum atomic E-state index is 0.447. The van der Waals surface area contributed by atoms with Crippen molar-refractivity contribution in [3.63, 3.8) is 0 Å². The summed E-state index contributed by atoms with van der Waals surface area (Å²) in [6.45, 7) is 14.3. The van der Waals surface area contributed by atoms with Crippen molar-refractivity contribution in [2.75, 3.05) is 32.8 Å². The number of hydrogen-bond acceptors (Lipinski definition) is 3. The zero-order valence-corrected chi connectivity index (χ0v) is 11.3. The lowest BCUT2D eigenvalue weighted by Gasteiger charge is -2.36. The summed E-state index contributed by atoms with van der Waals surface area (Å²) in [7, 11) is 0. The Hall–Kier alpha value is -0.120. The Morgan fingerprint density at radius 1 is 1.38 bits per heavy atom. The Morgan fingerprint density at radius 2 is 2.12 bits per heavy atom. The molecule has 2 atom stereocenters. The predicted octanol–water partition coefficient (Wildman–Crippen LogP) is 1.73. The van der Waals surface area contributed by atoms with Crippen molar-refractivity contribution >= 4 is 0 Å². The molecular formula is C13H28N2O. The molecule has 3 heteroatoms. The van der Waals surface area contributed by atoms with Crippen LogP contribution in [-0.4, -0.2) is 49.8 Å². The number of rotatable bonds is 6. The molecule has 1 heterocycles. The molecule has 1 N–H and O–H groups in total. The van der Waals surface area contributed by atoms with Crippen LogP contribution in [0.4, 0.5) is 0 Å². The van der Waals surface area contributed by atoms with E-state index in [9.17, 15) is 0 Å². The quantitative estimate of drug-likeness (QED) is 0.749. The van der Waals surface area contributed by atoms with Gasteiger partial charge in [0.1, 0.15) is 0 Å². The highest BCUT2D eigenvalue weighted by Crippen LogP contribution is 2.11. The molecule has 1 rings (SSSR count). The van der Waals surface area contributed by atoms with Crippen molar-refractivity contribution in [1.29, 1.82) is 0 Å². The number of morpholine rings is 1. The molecule has 0 spiro atoms. The van der Waals surface area contributed by atoms with Crippen LogP contribution in [0.5, 0.6) is 0 Å². The van der Waals surface area contributed by atoms with Crippen molar-refractivity contribution < 1.29 is 4.74 Å². The van der Waals surface area contributed by atoms with Crippen molar-refractivity contribution in [3.05, 3.63) is 0 Å². The van der Waals surface area contributed by atoms with E-state index in [2.05, 4.69) is 37.9 Å². The molecule has 1 saturated heterocycles. The first kappa shape index (κ1) is 13.9. The molecule has 3 nitrogen and oxygen atoms in total. The fourth-order valence-electron chi connectivity index (χ4n) is 2.24. The Bertz CT molecular complexity index is 185. The van der Waals surface area contributed by atoms with Crippen LogP contribution in [0.2, 0.25) is 0 Å². The first-order valence-corrected chi connectivity index (χ1v) is 6.74. The Kier molecular flexibility index (Phi) is 6.32. The predicted molar refractivity (Wildman–Crippen MR) is 68.8 cm³/mol. The van der Waals surface area contributed by atoms with Crippen LogP contribution < -0.4 is 5.32 Å². The van der Waals surface area contributed by atoms with E-state index in [0.29, 0.717) is 18.1 Å². The molecule has 16 heavy (non-hydrogen) atoms. The minimum absolute atomic E-state index is 0.447. The average molecular weight is 228 g/mol. The number of hydrogen-bond donors (Lipinski definition) is 1. The summed E-state index contributed by atoms with van der Waals surface area (Å²) in [6.07, 6.45) is 1.58. The van der Waals surface area contributed by atoms with E-state index in [1.807, 2.05) is 0 Å². The first-order valence-electron chi connectivity index (χ1n) is 6.74. The summed E-state index contributed by atoms with van der Waals surface area (Å²) in [4.78, 5) is 2.55. The van der Waals surface area contributed by atoms with Crippen LogP contribution >= 0.6 is 0 Å². The maximum absolute atomic E-state index is 5.70. The maximum Gasteiger partial charge on any atom is 0.0700 e. The van der Waals surface area contributed by atoms with Crippen molar-refractivity contribution in [2.24, 2.45) is 5.92 Å². The summed E-state index contributed by atoms with van der Waals surface area (Å²) in [6, 6.07) is 0.612. The first-order chi connectivity index (χ1) is 7.67. The van der Waals surface area contributed by atoms with Crippen LogP contribution in [0.3, 0.4) is 0 Å². The Labute approximate surface area is 101 Å². The minimum Gasteiger partial charge on any atom is -0.376 e. The van der Waals surface area contributed by atoms with E-state index in [1.54, 1.807) is 0 Å². The van der Waals surface area contributed by atoms with Gasteiger partial charge in [0.2, 0.25) is 0 Å². The Balaban J connectivity index is 2.38. The van der Waals surface area contributed by atoms with Crippen LogP contribution in [0.25, 0.3) is 0 Å². The molecule has 2 unspecified atom stereocenters. The molecule has 96 valence electrons. The van der Waals surface area contributed by atoms with Crippen LogP contribution in [-0.2, 0) is 4.74 Å². The van der Waals surface area contributed by atoms with Gasteiger partial charge in [-0.2, -0.15) is 0 Å². The van der Waals surface area contributed by atoms with Crippen molar-refractivity contribution in [1.82, 2.24) is 10.2 Å². The highest BCUT2D eigenvalue weighted by molar-refractivity contribution is 4.78. The summed E-state index contributed by atoms with van der Waals surface area (Å²) >= 11 is 0. The number of nitrogens with one attached hydrogen (secondary N) is 1. The van der Waals surface area contributed by atoms with Gasteiger partial charge >= 0.3 is 0 Å². The summed E-state index contributed by atoms with van der Waals surface area (Å²) < 4.78 is 5.70. The van der Waals surface area contributed by atoms with E-state index >= 15 is 0 Å². The van der Waals surface area contributed by atoms with Crippen LogP contribution in [0, 0.1) is 5.92 Å². The molecule has 1 fully saturated rings. The lowest BCUT2D eigenvalue weighted by Crippen LogP contribution is -2.50. The monoisotopic (exact) mass is 228 g/mol. The second kappa shape index (κ2) is 7.25. The lowest BCUT2D eigenvalue weighted by molar-refractivity contribution is -0.0334. The molecule has 1 aliphatic heterocycles. The molecule has 0 aromatic carbocycles. The van der Waals surface area contributed by atoms with Gasteiger partial charge in [-0.1, -0.05) is 27.7 Å². The van der Waals surface area contributed by atoms with Gasteiger partial charge < -0.3 is 10.1 Å². The van der Waals surface area contributed by atoms with Gasteiger partial charge in [-0.05, 0) is 18.9 Å². The second-order valence-electron chi connectivity index (χ2n) is 5.07. The van der Waals surface area contributed by atoms with Gasteiger partial charge in [0, 0.05) is 25.7 Å². The SMILES string of the molecule is CCNC(CN1CCOC(CC)C1)C(C)C. The topological polar surface area (TPSA) is 24.5 Å². The highest BCUT2D eigenvalue weighted by Gasteiger charge is 2.22. The standard InChI is InChI=1S/C13H28N2O/c1-5-12-9-15(7-8-16-12)10-13(11(3)4)14-6-2/h11-14H,5-10H2,1-4H3. The van der Waals surface area contributed by atoms with Crippen LogP contribution in [0.15, 0.2) is 0 Å². The second-order valence-corrected chi connectivity index (χ2v) is 5.07. The lowest BCUT2D eigenvalue weighted by atomic mass is 10.0. The van der Waals surface area contributed by atoms with Crippen LogP contribution in [0.1, 0.15) is 34.1 Å². The molecule has 0 saturated carbocycles. The van der Waals surface area contributed by atoms with Gasteiger partial charge in [-0.3, -0.25) is 4.90 Å². The summed E-state index contributed by atoms with van der Waals surface area (Å²) in [5, 5.41) is 3.58. The van der Waals surface area contributed by atoms with Gasteiger partial charge in [0.15, 0.2) is 0 Å². The van der Waals surface area contributed by atoms with E-state index in [4.69, 9.17) is 4.74 Å². The van der Waals surface area contributed by atoms with Crippen molar-refractivity contribution in [2.45, 2.75) is 46.3 Å². The number of likely N-dealkylation sites (N-methyl/N-ethyl adjacent to an activating group) is 1. The number of ether oxygens (including phenoxy) is 1. The van der Waals surface area contributed by atoms with E-state index in [1.165, 1.54) is 0 Å². The molecule has 1 aliphatic rings. The molecule has 0 amide bonds. The average Bonchev–Trinajstić information content (AvgIpc) is 2.28. The third-order valence-electron chi connectivity index (χ3n) is 3.40. The number of nitrogens with zero attached hydrogens (tertiary/aromatic N) is 1. The third-order valence-corrected chi connectivity index (χ3v) is 3.40. The maximum atomic E-state index is 5.70. The van der Waals surface area contributed by atoms with Gasteiger partial charge in [0.05, 0.1) is 12.7 Å². The third kappa shape index (κ3) is 4.40. The molecule has 0 radical (unpaired) electrons. The van der Waals surface area contributed by atoms with Gasteiger partial charge in [-0.15, -0.1) is 0 Å². The molecule has 0 aromatic rings. The van der Waals surface area contributed by atoms with E-state index in [0.717, 1.165) is 39.2 Å². The fraction of sp³-hybridized carbons (Fsp3) is 1.00. The Morgan fingerprint density at radius 3 is 2.69 bits per heavy atom. The van der Waals surface area contributed by atoms with Gasteiger partial charge in [0.25, 0.3) is 0 Å². The molecular weight excluding hydrogens is 200 g/mol. The highest BCUT2D eigenvalue weighted by atomic mass is 16.5. The zero-order chi connectivity index (χ0) is 12.0. The van der Waals surface area contributed by atoms with E-state index in [-0.39, 0.29) is 0 Å². The van der Waals surface area contributed by atoms with Gasteiger partial charge in [-0.25, -0.2) is 0 Å². The van der Waals surface area contributed by atoms with E-state index < -0.39 is 0 Å². The molecule has 0 aromatic heterocycles. The largest absolute Gasteiger partial charge is 0.376 e. The fourth-order valence-corrected chi connectivity index (χ4v) is 2.24. The molecule has 0 bridgehead atoms. The smallest absolute Gasteiger partial charge is 0.0700 e. The normalized spacial score (nSPS) is 24.9. The zero-order valence-electron chi connectivity index (χ0n) is 11.3. The summed E-state index contributed by atoms with van der Waals surface area (Å²) in [5.74, 6) is 0.697. The summed E-state index contributed by atoms with van der Waals surface area (Å²) in [5.41, 5.74) is 0. The molecule has 0 aliphatic carbocycles.